The Hall–Kier alpha value is 0.510. The van der Waals surface area contributed by atoms with Crippen molar-refractivity contribution in [2.75, 3.05) is 52.9 Å². The highest BCUT2D eigenvalue weighted by Crippen LogP contribution is 2.39. The molecule has 2 saturated heterocycles. The molecular weight excluding hydrogens is 451 g/mol. The van der Waals surface area contributed by atoms with Gasteiger partial charge in [-0.15, -0.1) is 37.2 Å². The SMILES string of the molecule is CN1CCC(O)(C(CN2CCNCC2)c2ccc(Cl)c(Cl)c2)CC1.Cl.Cl.Cl. The molecule has 0 bridgehead atoms. The van der Waals surface area contributed by atoms with Crippen LogP contribution in [-0.4, -0.2) is 73.4 Å². The number of halogens is 5. The summed E-state index contributed by atoms with van der Waals surface area (Å²) in [6.45, 7) is 6.78. The lowest BCUT2D eigenvalue weighted by atomic mass is 9.75. The summed E-state index contributed by atoms with van der Waals surface area (Å²) in [6, 6.07) is 5.81. The van der Waals surface area contributed by atoms with E-state index in [9.17, 15) is 5.11 Å². The first-order chi connectivity index (χ1) is 11.5. The highest BCUT2D eigenvalue weighted by Gasteiger charge is 2.41. The van der Waals surface area contributed by atoms with Crippen molar-refractivity contribution in [2.45, 2.75) is 24.4 Å². The van der Waals surface area contributed by atoms with Crippen molar-refractivity contribution in [3.05, 3.63) is 33.8 Å². The first kappa shape index (κ1) is 27.5. The summed E-state index contributed by atoms with van der Waals surface area (Å²) in [4.78, 5) is 4.73. The molecule has 2 aliphatic heterocycles. The van der Waals surface area contributed by atoms with Crippen LogP contribution in [0.3, 0.4) is 0 Å². The van der Waals surface area contributed by atoms with E-state index in [0.29, 0.717) is 10.0 Å². The van der Waals surface area contributed by atoms with Gasteiger partial charge in [0, 0.05) is 51.7 Å². The molecule has 3 rings (SSSR count). The molecule has 0 saturated carbocycles. The molecule has 0 spiro atoms. The third kappa shape index (κ3) is 7.06. The summed E-state index contributed by atoms with van der Waals surface area (Å²) in [5.41, 5.74) is 0.407. The Bertz CT molecular complexity index is 564. The predicted octanol–water partition coefficient (Wildman–Crippen LogP) is 3.70. The molecule has 0 radical (unpaired) electrons. The molecule has 27 heavy (non-hydrogen) atoms. The molecule has 1 unspecified atom stereocenters. The van der Waals surface area contributed by atoms with Crippen LogP contribution in [0.15, 0.2) is 18.2 Å². The van der Waals surface area contributed by atoms with E-state index in [1.54, 1.807) is 0 Å². The van der Waals surface area contributed by atoms with E-state index in [2.05, 4.69) is 22.2 Å². The lowest BCUT2D eigenvalue weighted by Crippen LogP contribution is -2.52. The van der Waals surface area contributed by atoms with Crippen molar-refractivity contribution in [1.29, 1.82) is 0 Å². The zero-order valence-electron chi connectivity index (χ0n) is 15.5. The largest absolute Gasteiger partial charge is 0.389 e. The van der Waals surface area contributed by atoms with Gasteiger partial charge in [-0.1, -0.05) is 29.3 Å². The Balaban J connectivity index is 0.00000225. The van der Waals surface area contributed by atoms with Crippen LogP contribution in [0, 0.1) is 0 Å². The van der Waals surface area contributed by atoms with Crippen LogP contribution in [0.5, 0.6) is 0 Å². The summed E-state index contributed by atoms with van der Waals surface area (Å²) < 4.78 is 0. The zero-order valence-corrected chi connectivity index (χ0v) is 19.5. The van der Waals surface area contributed by atoms with Gasteiger partial charge in [-0.25, -0.2) is 0 Å². The van der Waals surface area contributed by atoms with Crippen LogP contribution in [0.2, 0.25) is 10.0 Å². The summed E-state index contributed by atoms with van der Waals surface area (Å²) in [5, 5.41) is 16.0. The average molecular weight is 482 g/mol. The lowest BCUT2D eigenvalue weighted by molar-refractivity contribution is -0.0466. The number of nitrogens with zero attached hydrogens (tertiary/aromatic N) is 2. The number of hydrogen-bond acceptors (Lipinski definition) is 4. The van der Waals surface area contributed by atoms with Gasteiger partial charge >= 0.3 is 0 Å². The van der Waals surface area contributed by atoms with E-state index in [1.807, 2.05) is 18.2 Å². The molecule has 1 aromatic rings. The topological polar surface area (TPSA) is 38.7 Å². The van der Waals surface area contributed by atoms with Crippen LogP contribution in [0.1, 0.15) is 24.3 Å². The number of likely N-dealkylation sites (tertiary alicyclic amines) is 1. The summed E-state index contributed by atoms with van der Waals surface area (Å²) in [5.74, 6) is 0.0547. The van der Waals surface area contributed by atoms with Gasteiger partial charge < -0.3 is 20.2 Å². The van der Waals surface area contributed by atoms with Gasteiger partial charge in [0.1, 0.15) is 0 Å². The molecule has 2 heterocycles. The lowest BCUT2D eigenvalue weighted by Gasteiger charge is -2.44. The molecule has 0 amide bonds. The Morgan fingerprint density at radius 2 is 1.63 bits per heavy atom. The van der Waals surface area contributed by atoms with Crippen molar-refractivity contribution in [3.8, 4) is 0 Å². The minimum atomic E-state index is -0.686. The highest BCUT2D eigenvalue weighted by molar-refractivity contribution is 6.42. The molecule has 1 aromatic carbocycles. The normalized spacial score (nSPS) is 21.3. The highest BCUT2D eigenvalue weighted by atomic mass is 35.5. The number of piperazine rings is 1. The average Bonchev–Trinajstić information content (AvgIpc) is 2.59. The van der Waals surface area contributed by atoms with E-state index in [1.165, 1.54) is 0 Å². The van der Waals surface area contributed by atoms with E-state index in [4.69, 9.17) is 23.2 Å². The van der Waals surface area contributed by atoms with Crippen LogP contribution in [-0.2, 0) is 0 Å². The first-order valence-electron chi connectivity index (χ1n) is 8.77. The maximum Gasteiger partial charge on any atom is 0.0752 e. The number of benzene rings is 1. The van der Waals surface area contributed by atoms with Crippen LogP contribution in [0.4, 0.5) is 0 Å². The van der Waals surface area contributed by atoms with Gasteiger partial charge in [-0.05, 0) is 37.6 Å². The van der Waals surface area contributed by atoms with Crippen LogP contribution in [0.25, 0.3) is 0 Å². The monoisotopic (exact) mass is 479 g/mol. The maximum atomic E-state index is 11.4. The summed E-state index contributed by atoms with van der Waals surface area (Å²) in [6.07, 6.45) is 1.58. The van der Waals surface area contributed by atoms with Crippen LogP contribution >= 0.6 is 60.4 Å². The smallest absolute Gasteiger partial charge is 0.0752 e. The van der Waals surface area contributed by atoms with Crippen LogP contribution < -0.4 is 5.32 Å². The minimum absolute atomic E-state index is 0. The second-order valence-electron chi connectivity index (χ2n) is 7.18. The van der Waals surface area contributed by atoms with Gasteiger partial charge in [-0.3, -0.25) is 0 Å². The van der Waals surface area contributed by atoms with E-state index >= 15 is 0 Å². The summed E-state index contributed by atoms with van der Waals surface area (Å²) in [7, 11) is 2.12. The number of nitrogens with one attached hydrogen (secondary N) is 1. The Kier molecular flexibility index (Phi) is 12.5. The predicted molar refractivity (Wildman–Crippen MR) is 122 cm³/mol. The van der Waals surface area contributed by atoms with E-state index < -0.39 is 5.60 Å². The molecule has 9 heteroatoms. The van der Waals surface area contributed by atoms with Crippen molar-refractivity contribution in [2.24, 2.45) is 0 Å². The molecule has 158 valence electrons. The van der Waals surface area contributed by atoms with Crippen molar-refractivity contribution >= 4 is 60.4 Å². The van der Waals surface area contributed by atoms with E-state index in [0.717, 1.165) is 64.2 Å². The zero-order chi connectivity index (χ0) is 17.2. The fraction of sp³-hybridized carbons (Fsp3) is 0.667. The third-order valence-corrected chi connectivity index (χ3v) is 6.24. The molecule has 2 N–H and O–H groups in total. The van der Waals surface area contributed by atoms with Gasteiger partial charge in [0.05, 0.1) is 15.6 Å². The third-order valence-electron chi connectivity index (χ3n) is 5.50. The number of aliphatic hydroxyl groups is 1. The molecule has 0 aliphatic carbocycles. The molecule has 4 nitrogen and oxygen atoms in total. The Morgan fingerprint density at radius 3 is 2.19 bits per heavy atom. The number of hydrogen-bond donors (Lipinski definition) is 2. The Morgan fingerprint density at radius 1 is 1.04 bits per heavy atom. The van der Waals surface area contributed by atoms with Gasteiger partial charge in [0.15, 0.2) is 0 Å². The van der Waals surface area contributed by atoms with Gasteiger partial charge in [0.25, 0.3) is 0 Å². The number of piperidine rings is 1. The summed E-state index contributed by atoms with van der Waals surface area (Å²) >= 11 is 12.4. The molecule has 2 fully saturated rings. The second-order valence-corrected chi connectivity index (χ2v) is 8.00. The molecule has 1 atom stereocenters. The standard InChI is InChI=1S/C18H27Cl2N3O.3ClH/c1-22-8-4-18(24,5-9-22)15(13-23-10-6-21-7-11-23)14-2-3-16(19)17(20)12-14;;;/h2-3,12,15,21,24H,4-11,13H2,1H3;3*1H. The van der Waals surface area contributed by atoms with Crippen molar-refractivity contribution < 1.29 is 5.11 Å². The fourth-order valence-electron chi connectivity index (χ4n) is 3.82. The minimum Gasteiger partial charge on any atom is -0.389 e. The fourth-order valence-corrected chi connectivity index (χ4v) is 4.13. The second kappa shape index (κ2) is 12.3. The molecule has 2 aliphatic rings. The quantitative estimate of drug-likeness (QED) is 0.688. The van der Waals surface area contributed by atoms with Gasteiger partial charge in [0.2, 0.25) is 0 Å². The number of rotatable bonds is 4. The first-order valence-corrected chi connectivity index (χ1v) is 9.52. The van der Waals surface area contributed by atoms with E-state index in [-0.39, 0.29) is 43.1 Å². The Labute approximate surface area is 191 Å². The molecule has 0 aromatic heterocycles. The van der Waals surface area contributed by atoms with Crippen molar-refractivity contribution in [3.63, 3.8) is 0 Å². The van der Waals surface area contributed by atoms with Crippen molar-refractivity contribution in [1.82, 2.24) is 15.1 Å². The maximum absolute atomic E-state index is 11.4. The van der Waals surface area contributed by atoms with Gasteiger partial charge in [-0.2, -0.15) is 0 Å². The molecular formula is C18H30Cl5N3O.